The second kappa shape index (κ2) is 10.4. The predicted octanol–water partition coefficient (Wildman–Crippen LogP) is 2.98. The number of hydrogen-bond acceptors (Lipinski definition) is 7. The number of furan rings is 1. The molecule has 1 aromatic carbocycles. The summed E-state index contributed by atoms with van der Waals surface area (Å²) in [6, 6.07) is 13.7. The first-order chi connectivity index (χ1) is 15.7. The lowest BCUT2D eigenvalue weighted by Gasteiger charge is -2.34. The van der Waals surface area contributed by atoms with Crippen LogP contribution in [-0.2, 0) is 16.1 Å². The molecule has 168 valence electrons. The van der Waals surface area contributed by atoms with Crippen LogP contribution in [0.2, 0.25) is 0 Å². The fraction of sp³-hybridized carbons (Fsp3) is 0.364. The topological polar surface area (TPSA) is 93.7 Å². The molecule has 1 aliphatic rings. The molecule has 3 heterocycles. The maximum atomic E-state index is 12.8. The SMILES string of the molecule is CCOC(=O)N1CCN(C(=O)CSc2nnc(-c3ccco3)n2Cc2ccccc2)CC1. The number of piperazine rings is 1. The molecule has 1 aliphatic heterocycles. The molecule has 2 amide bonds. The van der Waals surface area contributed by atoms with Crippen molar-refractivity contribution in [1.29, 1.82) is 0 Å². The van der Waals surface area contributed by atoms with Gasteiger partial charge in [0.1, 0.15) is 0 Å². The number of nitrogens with zero attached hydrogens (tertiary/aromatic N) is 5. The van der Waals surface area contributed by atoms with Gasteiger partial charge in [-0.25, -0.2) is 4.79 Å². The van der Waals surface area contributed by atoms with E-state index in [2.05, 4.69) is 10.2 Å². The number of amides is 2. The maximum Gasteiger partial charge on any atom is 0.409 e. The Kier molecular flexibility index (Phi) is 7.10. The molecular weight excluding hydrogens is 430 g/mol. The summed E-state index contributed by atoms with van der Waals surface area (Å²) in [6.45, 7) is 4.63. The van der Waals surface area contributed by atoms with Crippen molar-refractivity contribution >= 4 is 23.8 Å². The van der Waals surface area contributed by atoms with Crippen LogP contribution in [-0.4, -0.2) is 75.1 Å². The van der Waals surface area contributed by atoms with E-state index in [1.54, 1.807) is 23.0 Å². The molecule has 0 atom stereocenters. The molecule has 10 heteroatoms. The van der Waals surface area contributed by atoms with E-state index in [0.29, 0.717) is 56.1 Å². The zero-order valence-corrected chi connectivity index (χ0v) is 18.7. The van der Waals surface area contributed by atoms with Crippen LogP contribution in [0, 0.1) is 0 Å². The number of carbonyl (C=O) groups excluding carboxylic acids is 2. The minimum Gasteiger partial charge on any atom is -0.461 e. The van der Waals surface area contributed by atoms with E-state index in [4.69, 9.17) is 9.15 Å². The van der Waals surface area contributed by atoms with Crippen molar-refractivity contribution in [2.45, 2.75) is 18.6 Å². The van der Waals surface area contributed by atoms with Gasteiger partial charge in [0, 0.05) is 26.2 Å². The lowest BCUT2D eigenvalue weighted by molar-refractivity contribution is -0.129. The molecule has 9 nitrogen and oxygen atoms in total. The summed E-state index contributed by atoms with van der Waals surface area (Å²) in [5, 5.41) is 9.28. The van der Waals surface area contributed by atoms with Crippen molar-refractivity contribution < 1.29 is 18.7 Å². The van der Waals surface area contributed by atoms with Crippen LogP contribution >= 0.6 is 11.8 Å². The number of benzene rings is 1. The largest absolute Gasteiger partial charge is 0.461 e. The highest BCUT2D eigenvalue weighted by Crippen LogP contribution is 2.26. The molecule has 1 saturated heterocycles. The van der Waals surface area contributed by atoms with E-state index in [0.717, 1.165) is 5.56 Å². The van der Waals surface area contributed by atoms with Crippen molar-refractivity contribution in [3.63, 3.8) is 0 Å². The molecule has 0 spiro atoms. The molecule has 0 unspecified atom stereocenters. The van der Waals surface area contributed by atoms with E-state index < -0.39 is 0 Å². The molecule has 0 radical (unpaired) electrons. The number of carbonyl (C=O) groups is 2. The molecular formula is C22H25N5O4S. The molecule has 0 bridgehead atoms. The fourth-order valence-corrected chi connectivity index (χ4v) is 4.30. The average Bonchev–Trinajstić information content (AvgIpc) is 3.48. The van der Waals surface area contributed by atoms with Gasteiger partial charge >= 0.3 is 6.09 Å². The summed E-state index contributed by atoms with van der Waals surface area (Å²) in [5.74, 6) is 1.50. The highest BCUT2D eigenvalue weighted by molar-refractivity contribution is 7.99. The number of rotatable bonds is 7. The first-order valence-corrected chi connectivity index (χ1v) is 11.5. The van der Waals surface area contributed by atoms with Crippen LogP contribution in [0.4, 0.5) is 4.79 Å². The first-order valence-electron chi connectivity index (χ1n) is 10.5. The molecule has 0 aliphatic carbocycles. The van der Waals surface area contributed by atoms with E-state index >= 15 is 0 Å². The zero-order valence-electron chi connectivity index (χ0n) is 17.8. The Hall–Kier alpha value is -3.27. The van der Waals surface area contributed by atoms with Gasteiger partial charge in [-0.1, -0.05) is 42.1 Å². The number of hydrogen-bond donors (Lipinski definition) is 0. The number of ether oxygens (including phenoxy) is 1. The van der Waals surface area contributed by atoms with Crippen LogP contribution in [0.5, 0.6) is 0 Å². The predicted molar refractivity (Wildman–Crippen MR) is 119 cm³/mol. The first kappa shape index (κ1) is 21.9. The van der Waals surface area contributed by atoms with E-state index in [1.165, 1.54) is 11.8 Å². The van der Waals surface area contributed by atoms with Gasteiger partial charge in [-0.15, -0.1) is 10.2 Å². The van der Waals surface area contributed by atoms with Gasteiger partial charge in [0.25, 0.3) is 0 Å². The minimum absolute atomic E-state index is 0.00678. The minimum atomic E-state index is -0.326. The Morgan fingerprint density at radius 2 is 1.78 bits per heavy atom. The highest BCUT2D eigenvalue weighted by Gasteiger charge is 2.25. The zero-order chi connectivity index (χ0) is 22.3. The Labute approximate surface area is 190 Å². The van der Waals surface area contributed by atoms with Crippen molar-refractivity contribution in [2.75, 3.05) is 38.5 Å². The standard InChI is InChI=1S/C22H25N5O4S/c1-2-30-22(29)26-12-10-25(11-13-26)19(28)16-32-21-24-23-20(18-9-6-14-31-18)27(21)15-17-7-4-3-5-8-17/h3-9,14H,2,10-13,15-16H2,1H3. The van der Waals surface area contributed by atoms with Gasteiger partial charge in [0.2, 0.25) is 11.7 Å². The van der Waals surface area contributed by atoms with Gasteiger partial charge in [-0.2, -0.15) is 0 Å². The summed E-state index contributed by atoms with van der Waals surface area (Å²) in [5.41, 5.74) is 1.10. The lowest BCUT2D eigenvalue weighted by atomic mass is 10.2. The molecule has 1 fully saturated rings. The molecule has 32 heavy (non-hydrogen) atoms. The van der Waals surface area contributed by atoms with Crippen LogP contribution in [0.3, 0.4) is 0 Å². The third kappa shape index (κ3) is 5.13. The number of thioether (sulfide) groups is 1. The van der Waals surface area contributed by atoms with E-state index in [1.807, 2.05) is 47.0 Å². The van der Waals surface area contributed by atoms with Crippen LogP contribution in [0.15, 0.2) is 58.3 Å². The monoisotopic (exact) mass is 455 g/mol. The maximum absolute atomic E-state index is 12.8. The van der Waals surface area contributed by atoms with Gasteiger partial charge in [-0.05, 0) is 24.6 Å². The Morgan fingerprint density at radius 1 is 1.03 bits per heavy atom. The van der Waals surface area contributed by atoms with Crippen LogP contribution in [0.25, 0.3) is 11.6 Å². The third-order valence-electron chi connectivity index (χ3n) is 5.13. The summed E-state index contributed by atoms with van der Waals surface area (Å²) in [7, 11) is 0. The quantitative estimate of drug-likeness (QED) is 0.506. The third-order valence-corrected chi connectivity index (χ3v) is 6.08. The summed E-state index contributed by atoms with van der Waals surface area (Å²) in [4.78, 5) is 28.0. The highest BCUT2D eigenvalue weighted by atomic mass is 32.2. The molecule has 3 aromatic rings. The second-order valence-electron chi connectivity index (χ2n) is 7.21. The molecule has 0 saturated carbocycles. The van der Waals surface area contributed by atoms with Crippen LogP contribution < -0.4 is 0 Å². The van der Waals surface area contributed by atoms with Crippen molar-refractivity contribution in [1.82, 2.24) is 24.6 Å². The summed E-state index contributed by atoms with van der Waals surface area (Å²) >= 11 is 1.35. The summed E-state index contributed by atoms with van der Waals surface area (Å²) in [6.07, 6.45) is 1.27. The van der Waals surface area contributed by atoms with Gasteiger partial charge in [0.05, 0.1) is 25.2 Å². The fourth-order valence-electron chi connectivity index (χ4n) is 3.46. The molecule has 0 N–H and O–H groups in total. The van der Waals surface area contributed by atoms with E-state index in [9.17, 15) is 9.59 Å². The Balaban J connectivity index is 1.41. The second-order valence-corrected chi connectivity index (χ2v) is 8.15. The van der Waals surface area contributed by atoms with Crippen molar-refractivity contribution in [3.05, 3.63) is 54.3 Å². The lowest BCUT2D eigenvalue weighted by Crippen LogP contribution is -2.51. The smallest absolute Gasteiger partial charge is 0.409 e. The van der Waals surface area contributed by atoms with Gasteiger partial charge in [0.15, 0.2) is 10.9 Å². The van der Waals surface area contributed by atoms with Crippen molar-refractivity contribution in [2.24, 2.45) is 0 Å². The van der Waals surface area contributed by atoms with E-state index in [-0.39, 0.29) is 17.8 Å². The average molecular weight is 456 g/mol. The van der Waals surface area contributed by atoms with Crippen molar-refractivity contribution in [3.8, 4) is 11.6 Å². The molecule has 4 rings (SSSR count). The Morgan fingerprint density at radius 3 is 2.47 bits per heavy atom. The molecule has 2 aromatic heterocycles. The Bertz CT molecular complexity index is 1030. The normalized spacial score (nSPS) is 13.9. The van der Waals surface area contributed by atoms with Crippen LogP contribution in [0.1, 0.15) is 12.5 Å². The number of aromatic nitrogens is 3. The summed E-state index contributed by atoms with van der Waals surface area (Å²) < 4.78 is 12.5. The van der Waals surface area contributed by atoms with Gasteiger partial charge < -0.3 is 19.0 Å². The van der Waals surface area contributed by atoms with Gasteiger partial charge in [-0.3, -0.25) is 9.36 Å².